The van der Waals surface area contributed by atoms with Crippen LogP contribution < -0.4 is 0 Å². The second kappa shape index (κ2) is 5.75. The van der Waals surface area contributed by atoms with Crippen LogP contribution in [0.5, 0.6) is 5.75 Å². The third-order valence-electron chi connectivity index (χ3n) is 4.29. The van der Waals surface area contributed by atoms with Crippen molar-refractivity contribution in [3.05, 3.63) is 29.3 Å². The highest BCUT2D eigenvalue weighted by Gasteiger charge is 2.25. The van der Waals surface area contributed by atoms with Gasteiger partial charge in [-0.1, -0.05) is 37.5 Å². The molecule has 1 aromatic rings. The van der Waals surface area contributed by atoms with Crippen LogP contribution in [0.2, 0.25) is 0 Å². The molecule has 1 aromatic carbocycles. The van der Waals surface area contributed by atoms with Crippen molar-refractivity contribution < 1.29 is 5.11 Å². The summed E-state index contributed by atoms with van der Waals surface area (Å²) in [6.45, 7) is 5.28. The summed E-state index contributed by atoms with van der Waals surface area (Å²) in [5, 5.41) is 9.92. The number of benzene rings is 1. The highest BCUT2D eigenvalue weighted by molar-refractivity contribution is 5.35. The summed E-state index contributed by atoms with van der Waals surface area (Å²) < 4.78 is 0. The summed E-state index contributed by atoms with van der Waals surface area (Å²) in [4.78, 5) is 2.42. The predicted molar refractivity (Wildman–Crippen MR) is 75.7 cm³/mol. The van der Waals surface area contributed by atoms with Gasteiger partial charge in [0.25, 0.3) is 0 Å². The molecular weight excluding hydrogens is 222 g/mol. The molecule has 2 atom stereocenters. The van der Waals surface area contributed by atoms with E-state index in [1.807, 2.05) is 12.1 Å². The average Bonchev–Trinajstić information content (AvgIpc) is 2.34. The molecule has 0 bridgehead atoms. The summed E-state index contributed by atoms with van der Waals surface area (Å²) in [6.07, 6.45) is 5.36. The molecule has 0 spiro atoms. The summed E-state index contributed by atoms with van der Waals surface area (Å²) in [7, 11) is 2.19. The number of aromatic hydroxyl groups is 1. The van der Waals surface area contributed by atoms with Crippen molar-refractivity contribution >= 4 is 0 Å². The third kappa shape index (κ3) is 3.05. The lowest BCUT2D eigenvalue weighted by Crippen LogP contribution is -2.38. The van der Waals surface area contributed by atoms with E-state index in [-0.39, 0.29) is 0 Å². The van der Waals surface area contributed by atoms with Crippen molar-refractivity contribution in [3.8, 4) is 5.75 Å². The molecule has 1 aliphatic rings. The predicted octanol–water partition coefficient (Wildman–Crippen LogP) is 3.71. The van der Waals surface area contributed by atoms with Crippen LogP contribution >= 0.6 is 0 Å². The van der Waals surface area contributed by atoms with Gasteiger partial charge in [-0.25, -0.2) is 0 Å². The van der Waals surface area contributed by atoms with Crippen molar-refractivity contribution in [1.29, 1.82) is 0 Å². The van der Waals surface area contributed by atoms with E-state index in [9.17, 15) is 5.11 Å². The van der Waals surface area contributed by atoms with E-state index < -0.39 is 0 Å². The van der Waals surface area contributed by atoms with Gasteiger partial charge in [-0.2, -0.15) is 0 Å². The molecule has 2 nitrogen and oxygen atoms in total. The van der Waals surface area contributed by atoms with Crippen molar-refractivity contribution in [2.75, 3.05) is 7.05 Å². The molecule has 1 saturated carbocycles. The normalized spacial score (nSPS) is 24.4. The van der Waals surface area contributed by atoms with Crippen LogP contribution in [0.1, 0.15) is 43.7 Å². The molecule has 18 heavy (non-hydrogen) atoms. The van der Waals surface area contributed by atoms with Gasteiger partial charge in [0, 0.05) is 18.2 Å². The molecule has 0 aliphatic heterocycles. The number of rotatable bonds is 3. The molecule has 2 heteroatoms. The Morgan fingerprint density at radius 3 is 2.72 bits per heavy atom. The summed E-state index contributed by atoms with van der Waals surface area (Å²) in [5.74, 6) is 1.20. The standard InChI is InChI=1S/C16H25NO/c1-12-8-9-16(18)14(10-12)11-17(3)15-7-5-4-6-13(15)2/h8-10,13,15,18H,4-7,11H2,1-3H3. The molecule has 100 valence electrons. The minimum Gasteiger partial charge on any atom is -0.508 e. The first-order chi connectivity index (χ1) is 8.58. The molecule has 0 heterocycles. The first-order valence-corrected chi connectivity index (χ1v) is 7.06. The Hall–Kier alpha value is -1.02. The van der Waals surface area contributed by atoms with E-state index in [1.165, 1.54) is 31.2 Å². The smallest absolute Gasteiger partial charge is 0.120 e. The molecule has 0 aromatic heterocycles. The van der Waals surface area contributed by atoms with Gasteiger partial charge in [-0.05, 0) is 38.8 Å². The van der Waals surface area contributed by atoms with Gasteiger partial charge < -0.3 is 5.11 Å². The van der Waals surface area contributed by atoms with Crippen molar-refractivity contribution in [1.82, 2.24) is 4.90 Å². The number of phenols is 1. The maximum absolute atomic E-state index is 9.92. The van der Waals surface area contributed by atoms with Crippen LogP contribution in [0, 0.1) is 12.8 Å². The molecule has 1 aliphatic carbocycles. The largest absolute Gasteiger partial charge is 0.508 e. The summed E-state index contributed by atoms with van der Waals surface area (Å²) >= 11 is 0. The van der Waals surface area contributed by atoms with Crippen molar-refractivity contribution in [2.45, 2.75) is 52.1 Å². The van der Waals surface area contributed by atoms with Crippen LogP contribution in [-0.2, 0) is 6.54 Å². The fraction of sp³-hybridized carbons (Fsp3) is 0.625. The Morgan fingerprint density at radius 1 is 1.28 bits per heavy atom. The topological polar surface area (TPSA) is 23.5 Å². The van der Waals surface area contributed by atoms with Gasteiger partial charge >= 0.3 is 0 Å². The second-order valence-electron chi connectivity index (χ2n) is 5.88. The third-order valence-corrected chi connectivity index (χ3v) is 4.29. The van der Waals surface area contributed by atoms with Gasteiger partial charge in [0.05, 0.1) is 0 Å². The lowest BCUT2D eigenvalue weighted by atomic mass is 9.85. The number of hydrogen-bond donors (Lipinski definition) is 1. The minimum absolute atomic E-state index is 0.427. The highest BCUT2D eigenvalue weighted by atomic mass is 16.3. The first-order valence-electron chi connectivity index (χ1n) is 7.06. The van der Waals surface area contributed by atoms with Crippen LogP contribution in [0.3, 0.4) is 0 Å². The second-order valence-corrected chi connectivity index (χ2v) is 5.88. The van der Waals surface area contributed by atoms with E-state index in [0.29, 0.717) is 11.8 Å². The summed E-state index contributed by atoms with van der Waals surface area (Å²) in [5.41, 5.74) is 2.27. The first kappa shape index (κ1) is 13.4. The number of hydrogen-bond acceptors (Lipinski definition) is 2. The van der Waals surface area contributed by atoms with E-state index in [0.717, 1.165) is 18.0 Å². The number of aryl methyl sites for hydroxylation is 1. The summed E-state index contributed by atoms with van der Waals surface area (Å²) in [6, 6.07) is 6.53. The Kier molecular flexibility index (Phi) is 4.28. The zero-order valence-electron chi connectivity index (χ0n) is 11.8. The highest BCUT2D eigenvalue weighted by Crippen LogP contribution is 2.29. The Bertz CT molecular complexity index is 402. The van der Waals surface area contributed by atoms with Gasteiger partial charge in [0.2, 0.25) is 0 Å². The van der Waals surface area contributed by atoms with Crippen molar-refractivity contribution in [2.24, 2.45) is 5.92 Å². The number of nitrogens with zero attached hydrogens (tertiary/aromatic N) is 1. The lowest BCUT2D eigenvalue weighted by molar-refractivity contribution is 0.132. The minimum atomic E-state index is 0.427. The van der Waals surface area contributed by atoms with Gasteiger partial charge in [0.1, 0.15) is 5.75 Å². The molecule has 1 N–H and O–H groups in total. The van der Waals surface area contributed by atoms with Crippen molar-refractivity contribution in [3.63, 3.8) is 0 Å². The monoisotopic (exact) mass is 247 g/mol. The molecule has 2 rings (SSSR count). The fourth-order valence-corrected chi connectivity index (χ4v) is 3.18. The van der Waals surface area contributed by atoms with E-state index >= 15 is 0 Å². The van der Waals surface area contributed by atoms with E-state index in [2.05, 4.69) is 31.9 Å². The zero-order chi connectivity index (χ0) is 13.1. The SMILES string of the molecule is Cc1ccc(O)c(CN(C)C2CCCCC2C)c1. The molecule has 2 unspecified atom stereocenters. The fourth-order valence-electron chi connectivity index (χ4n) is 3.18. The van der Waals surface area contributed by atoms with Crippen LogP contribution in [0.25, 0.3) is 0 Å². The van der Waals surface area contributed by atoms with Crippen LogP contribution in [-0.4, -0.2) is 23.1 Å². The quantitative estimate of drug-likeness (QED) is 0.880. The molecule has 0 amide bonds. The Morgan fingerprint density at radius 2 is 2.00 bits per heavy atom. The maximum Gasteiger partial charge on any atom is 0.120 e. The van der Waals surface area contributed by atoms with E-state index in [4.69, 9.17) is 0 Å². The molecule has 1 fully saturated rings. The van der Waals surface area contributed by atoms with Gasteiger partial charge in [-0.15, -0.1) is 0 Å². The Balaban J connectivity index is 2.05. The van der Waals surface area contributed by atoms with Crippen LogP contribution in [0.4, 0.5) is 0 Å². The maximum atomic E-state index is 9.92. The van der Waals surface area contributed by atoms with E-state index in [1.54, 1.807) is 0 Å². The zero-order valence-corrected chi connectivity index (χ0v) is 11.8. The van der Waals surface area contributed by atoms with Crippen LogP contribution in [0.15, 0.2) is 18.2 Å². The molecular formula is C16H25NO. The lowest BCUT2D eigenvalue weighted by Gasteiger charge is -2.36. The number of phenolic OH excluding ortho intramolecular Hbond substituents is 1. The molecule has 0 radical (unpaired) electrons. The average molecular weight is 247 g/mol. The van der Waals surface area contributed by atoms with Gasteiger partial charge in [-0.3, -0.25) is 4.90 Å². The molecule has 0 saturated heterocycles. The van der Waals surface area contributed by atoms with Gasteiger partial charge in [0.15, 0.2) is 0 Å². The Labute approximate surface area is 111 Å².